The summed E-state index contributed by atoms with van der Waals surface area (Å²) in [6, 6.07) is 0. The monoisotopic (exact) mass is 328 g/mol. The molecule has 0 amide bonds. The maximum Gasteiger partial charge on any atom is 0.311 e. The van der Waals surface area contributed by atoms with Gasteiger partial charge in [-0.25, -0.2) is 0 Å². The molecule has 3 aliphatic rings. The summed E-state index contributed by atoms with van der Waals surface area (Å²) in [6.45, 7) is 5.54. The van der Waals surface area contributed by atoms with Gasteiger partial charge in [0.15, 0.2) is 6.10 Å². The third kappa shape index (κ3) is 2.69. The molecule has 132 valence electrons. The van der Waals surface area contributed by atoms with Crippen molar-refractivity contribution in [3.8, 4) is 0 Å². The van der Waals surface area contributed by atoms with Crippen LogP contribution in [0.1, 0.15) is 40.0 Å². The highest BCUT2D eigenvalue weighted by Crippen LogP contribution is 2.56. The number of fused-ring (bicyclic) bond motifs is 3. The molecular weight excluding hydrogens is 300 g/mol. The van der Waals surface area contributed by atoms with Crippen molar-refractivity contribution < 1.29 is 29.2 Å². The van der Waals surface area contributed by atoms with Crippen molar-refractivity contribution >= 4 is 5.97 Å². The molecule has 6 heteroatoms. The van der Waals surface area contributed by atoms with E-state index in [1.54, 1.807) is 0 Å². The second-order valence-electron chi connectivity index (χ2n) is 8.46. The molecule has 0 aromatic rings. The molecule has 6 nitrogen and oxygen atoms in total. The number of ether oxygens (including phenoxy) is 3. The van der Waals surface area contributed by atoms with Crippen molar-refractivity contribution in [2.24, 2.45) is 22.7 Å². The van der Waals surface area contributed by atoms with Gasteiger partial charge in [-0.05, 0) is 40.0 Å². The fourth-order valence-corrected chi connectivity index (χ4v) is 3.94. The lowest BCUT2D eigenvalue weighted by Crippen LogP contribution is -2.61. The van der Waals surface area contributed by atoms with Crippen LogP contribution in [0.5, 0.6) is 0 Å². The smallest absolute Gasteiger partial charge is 0.311 e. The summed E-state index contributed by atoms with van der Waals surface area (Å²) in [6.07, 6.45) is 2.56. The van der Waals surface area contributed by atoms with Crippen LogP contribution in [0.15, 0.2) is 0 Å². The van der Waals surface area contributed by atoms with E-state index in [1.165, 1.54) is 0 Å². The first-order chi connectivity index (χ1) is 10.8. The van der Waals surface area contributed by atoms with Gasteiger partial charge in [-0.1, -0.05) is 0 Å². The molecule has 0 aromatic carbocycles. The largest absolute Gasteiger partial charge is 0.456 e. The maximum absolute atomic E-state index is 12.3. The van der Waals surface area contributed by atoms with E-state index in [-0.39, 0.29) is 44.2 Å². The predicted molar refractivity (Wildman–Crippen MR) is 81.4 cm³/mol. The van der Waals surface area contributed by atoms with Crippen molar-refractivity contribution in [1.29, 1.82) is 0 Å². The van der Waals surface area contributed by atoms with Crippen LogP contribution in [0.4, 0.5) is 0 Å². The Kier molecular flexibility index (Phi) is 4.24. The quantitative estimate of drug-likeness (QED) is 0.754. The van der Waals surface area contributed by atoms with E-state index >= 15 is 0 Å². The van der Waals surface area contributed by atoms with Crippen molar-refractivity contribution in [3.63, 3.8) is 0 Å². The van der Waals surface area contributed by atoms with Crippen LogP contribution in [-0.4, -0.2) is 54.5 Å². The second-order valence-corrected chi connectivity index (χ2v) is 8.46. The number of esters is 1. The Morgan fingerprint density at radius 3 is 2.30 bits per heavy atom. The molecule has 1 heterocycles. The first kappa shape index (κ1) is 17.1. The lowest BCUT2D eigenvalue weighted by atomic mass is 9.86. The van der Waals surface area contributed by atoms with Crippen LogP contribution >= 0.6 is 0 Å². The zero-order chi connectivity index (χ0) is 16.9. The highest BCUT2D eigenvalue weighted by molar-refractivity contribution is 5.75. The van der Waals surface area contributed by atoms with E-state index in [1.807, 2.05) is 20.8 Å². The molecule has 1 spiro atoms. The molecule has 3 fully saturated rings. The number of carbonyl (C=O) groups excluding carboxylic acids is 1. The van der Waals surface area contributed by atoms with Crippen molar-refractivity contribution in [3.05, 3.63) is 0 Å². The van der Waals surface area contributed by atoms with Gasteiger partial charge in [0, 0.05) is 11.8 Å². The first-order valence-corrected chi connectivity index (χ1v) is 8.47. The van der Waals surface area contributed by atoms with Crippen molar-refractivity contribution in [2.45, 2.75) is 51.9 Å². The molecule has 3 unspecified atom stereocenters. The van der Waals surface area contributed by atoms with E-state index in [0.29, 0.717) is 0 Å². The van der Waals surface area contributed by atoms with E-state index in [9.17, 15) is 15.0 Å². The minimum Gasteiger partial charge on any atom is -0.456 e. The summed E-state index contributed by atoms with van der Waals surface area (Å²) in [5.41, 5.74) is -1.34. The minimum absolute atomic E-state index is 0.194. The molecule has 3 atom stereocenters. The minimum atomic E-state index is -0.905. The number of aliphatic hydroxyl groups excluding tert-OH is 2. The topological polar surface area (TPSA) is 85.2 Å². The molecule has 1 saturated heterocycles. The summed E-state index contributed by atoms with van der Waals surface area (Å²) in [7, 11) is 0. The molecule has 0 aromatic heterocycles. The van der Waals surface area contributed by atoms with Gasteiger partial charge >= 0.3 is 5.97 Å². The van der Waals surface area contributed by atoms with Crippen LogP contribution < -0.4 is 0 Å². The zero-order valence-electron chi connectivity index (χ0n) is 14.2. The van der Waals surface area contributed by atoms with E-state index in [0.717, 1.165) is 19.3 Å². The molecule has 1 aliphatic heterocycles. The fourth-order valence-electron chi connectivity index (χ4n) is 3.94. The molecular formula is C17H28O6. The number of rotatable bonds is 3. The average Bonchev–Trinajstić information content (AvgIpc) is 3.10. The summed E-state index contributed by atoms with van der Waals surface area (Å²) < 4.78 is 18.0. The van der Waals surface area contributed by atoms with Gasteiger partial charge in [0.05, 0.1) is 37.3 Å². The van der Waals surface area contributed by atoms with Gasteiger partial charge in [-0.15, -0.1) is 0 Å². The number of carbonyl (C=O) groups is 1. The molecule has 2 saturated carbocycles. The van der Waals surface area contributed by atoms with Crippen LogP contribution in [0.25, 0.3) is 0 Å². The van der Waals surface area contributed by atoms with Gasteiger partial charge in [-0.2, -0.15) is 0 Å². The molecule has 2 aliphatic carbocycles. The van der Waals surface area contributed by atoms with E-state index in [4.69, 9.17) is 14.2 Å². The Labute approximate surface area is 137 Å². The van der Waals surface area contributed by atoms with Gasteiger partial charge < -0.3 is 24.4 Å². The van der Waals surface area contributed by atoms with Crippen LogP contribution in [0.2, 0.25) is 0 Å². The average molecular weight is 328 g/mol. The Balaban J connectivity index is 1.79. The van der Waals surface area contributed by atoms with Gasteiger partial charge in [0.25, 0.3) is 0 Å². The van der Waals surface area contributed by atoms with Gasteiger partial charge in [0.1, 0.15) is 0 Å². The summed E-state index contributed by atoms with van der Waals surface area (Å²) in [4.78, 5) is 12.3. The molecule has 23 heavy (non-hydrogen) atoms. The summed E-state index contributed by atoms with van der Waals surface area (Å²) >= 11 is 0. The van der Waals surface area contributed by atoms with E-state index in [2.05, 4.69) is 0 Å². The van der Waals surface area contributed by atoms with Gasteiger partial charge in [-0.3, -0.25) is 4.79 Å². The SMILES string of the molecule is CC(C)(C)C(=O)OC1C2CCC(C2)C12OCC(CO)(CO)CO2. The Bertz CT molecular complexity index is 454. The Morgan fingerprint density at radius 2 is 1.78 bits per heavy atom. The van der Waals surface area contributed by atoms with Crippen molar-refractivity contribution in [2.75, 3.05) is 26.4 Å². The number of hydrogen-bond donors (Lipinski definition) is 2. The standard InChI is InChI=1S/C17H28O6/c1-15(2,3)14(20)23-13-11-4-5-12(6-11)17(13)21-9-16(7-18,8-19)10-22-17/h11-13,18-19H,4-10H2,1-3H3. The first-order valence-electron chi connectivity index (χ1n) is 8.47. The zero-order valence-corrected chi connectivity index (χ0v) is 14.2. The van der Waals surface area contributed by atoms with Gasteiger partial charge in [0.2, 0.25) is 5.79 Å². The normalized spacial score (nSPS) is 34.7. The maximum atomic E-state index is 12.3. The Morgan fingerprint density at radius 1 is 1.17 bits per heavy atom. The highest BCUT2D eigenvalue weighted by Gasteiger charge is 2.65. The number of aliphatic hydroxyl groups is 2. The van der Waals surface area contributed by atoms with E-state index < -0.39 is 22.7 Å². The third-order valence-electron chi connectivity index (χ3n) is 5.59. The predicted octanol–water partition coefficient (Wildman–Crippen LogP) is 1.09. The van der Waals surface area contributed by atoms with Crippen molar-refractivity contribution in [1.82, 2.24) is 0 Å². The number of hydrogen-bond acceptors (Lipinski definition) is 6. The molecule has 3 rings (SSSR count). The lowest BCUT2D eigenvalue weighted by molar-refractivity contribution is -0.360. The Hall–Kier alpha value is -0.690. The fraction of sp³-hybridized carbons (Fsp3) is 0.941. The van der Waals surface area contributed by atoms with Crippen LogP contribution in [0.3, 0.4) is 0 Å². The summed E-state index contributed by atoms with van der Waals surface area (Å²) in [5.74, 6) is -0.678. The molecule has 2 bridgehead atoms. The third-order valence-corrected chi connectivity index (χ3v) is 5.59. The highest BCUT2D eigenvalue weighted by atomic mass is 16.7. The van der Waals surface area contributed by atoms with Crippen LogP contribution in [-0.2, 0) is 19.0 Å². The van der Waals surface area contributed by atoms with Crippen LogP contribution in [0, 0.1) is 22.7 Å². The molecule has 2 N–H and O–H groups in total. The molecule has 0 radical (unpaired) electrons. The summed E-state index contributed by atoms with van der Waals surface area (Å²) in [5, 5.41) is 19.0. The second kappa shape index (κ2) is 5.69. The lowest BCUT2D eigenvalue weighted by Gasteiger charge is -2.49.